The first-order valence-electron chi connectivity index (χ1n) is 9.16. The first-order chi connectivity index (χ1) is 13.5. The molecule has 0 unspecified atom stereocenters. The van der Waals surface area contributed by atoms with Gasteiger partial charge in [-0.25, -0.2) is 0 Å². The summed E-state index contributed by atoms with van der Waals surface area (Å²) in [4.78, 5) is 33.7. The lowest BCUT2D eigenvalue weighted by atomic mass is 10.1. The third-order valence-corrected chi connectivity index (χ3v) is 4.96. The van der Waals surface area contributed by atoms with Crippen molar-refractivity contribution in [3.05, 3.63) is 83.6 Å². The lowest BCUT2D eigenvalue weighted by Gasteiger charge is -2.26. The number of furan rings is 1. The molecule has 2 aromatic heterocycles. The Balaban J connectivity index is 1.63. The van der Waals surface area contributed by atoms with Crippen LogP contribution in [0, 0.1) is 6.92 Å². The Hall–Kier alpha value is -3.41. The van der Waals surface area contributed by atoms with E-state index in [2.05, 4.69) is 4.98 Å². The largest absolute Gasteiger partial charge is 0.467 e. The molecule has 6 nitrogen and oxygen atoms in total. The summed E-state index contributed by atoms with van der Waals surface area (Å²) < 4.78 is 5.33. The number of anilines is 1. The topological polar surface area (TPSA) is 66.7 Å². The number of hydrogen-bond acceptors (Lipinski definition) is 4. The van der Waals surface area contributed by atoms with Crippen molar-refractivity contribution in [1.82, 2.24) is 9.88 Å². The van der Waals surface area contributed by atoms with E-state index < -0.39 is 6.04 Å². The molecule has 0 N–H and O–H groups in total. The molecule has 0 bridgehead atoms. The highest BCUT2D eigenvalue weighted by Gasteiger charge is 2.40. The summed E-state index contributed by atoms with van der Waals surface area (Å²) in [7, 11) is 1.73. The summed E-state index contributed by atoms with van der Waals surface area (Å²) >= 11 is 0. The summed E-state index contributed by atoms with van der Waals surface area (Å²) in [5.41, 5.74) is 3.02. The Morgan fingerprint density at radius 1 is 1.21 bits per heavy atom. The number of carbonyl (C=O) groups excluding carboxylic acids is 2. The summed E-state index contributed by atoms with van der Waals surface area (Å²) in [5, 5.41) is 0. The van der Waals surface area contributed by atoms with Crippen molar-refractivity contribution in [2.45, 2.75) is 25.9 Å². The zero-order chi connectivity index (χ0) is 19.7. The molecule has 28 heavy (non-hydrogen) atoms. The SMILES string of the molecule is Cc1cccc(N2C(=O)c3cccnc3[C@H]2CC(=O)N(C)Cc2ccco2)c1. The first kappa shape index (κ1) is 18.0. The molecule has 6 heteroatoms. The van der Waals surface area contributed by atoms with Crippen LogP contribution in [0.3, 0.4) is 0 Å². The van der Waals surface area contributed by atoms with Crippen LogP contribution in [0.5, 0.6) is 0 Å². The van der Waals surface area contributed by atoms with Crippen molar-refractivity contribution in [1.29, 1.82) is 0 Å². The highest BCUT2D eigenvalue weighted by molar-refractivity contribution is 6.11. The van der Waals surface area contributed by atoms with Crippen molar-refractivity contribution in [3.8, 4) is 0 Å². The highest BCUT2D eigenvalue weighted by Crippen LogP contribution is 2.38. The van der Waals surface area contributed by atoms with Crippen molar-refractivity contribution in [2.75, 3.05) is 11.9 Å². The van der Waals surface area contributed by atoms with E-state index in [1.54, 1.807) is 47.5 Å². The number of carbonyl (C=O) groups is 2. The maximum absolute atomic E-state index is 13.1. The second-order valence-corrected chi connectivity index (χ2v) is 7.00. The molecule has 0 saturated carbocycles. The van der Waals surface area contributed by atoms with Gasteiger partial charge in [-0.15, -0.1) is 0 Å². The van der Waals surface area contributed by atoms with Crippen LogP contribution >= 0.6 is 0 Å². The molecule has 0 spiro atoms. The molecule has 1 aliphatic heterocycles. The maximum atomic E-state index is 13.1. The summed E-state index contributed by atoms with van der Waals surface area (Å²) in [5.74, 6) is 0.512. The fraction of sp³-hybridized carbons (Fsp3) is 0.227. The normalized spacial score (nSPS) is 15.6. The quantitative estimate of drug-likeness (QED) is 0.681. The van der Waals surface area contributed by atoms with Crippen LogP contribution in [0.25, 0.3) is 0 Å². The number of rotatable bonds is 5. The Kier molecular flexibility index (Phi) is 4.69. The number of aromatic nitrogens is 1. The van der Waals surface area contributed by atoms with Crippen LogP contribution in [0.4, 0.5) is 5.69 Å². The van der Waals surface area contributed by atoms with E-state index in [1.165, 1.54) is 0 Å². The first-order valence-corrected chi connectivity index (χ1v) is 9.16. The molecule has 0 radical (unpaired) electrons. The fourth-order valence-electron chi connectivity index (χ4n) is 3.57. The predicted octanol–water partition coefficient (Wildman–Crippen LogP) is 3.73. The predicted molar refractivity (Wildman–Crippen MR) is 105 cm³/mol. The molecule has 3 aromatic rings. The van der Waals surface area contributed by atoms with Gasteiger partial charge in [0.1, 0.15) is 5.76 Å². The molecule has 0 saturated heterocycles. The van der Waals surface area contributed by atoms with Crippen molar-refractivity contribution >= 4 is 17.5 Å². The van der Waals surface area contributed by atoms with Crippen molar-refractivity contribution in [3.63, 3.8) is 0 Å². The van der Waals surface area contributed by atoms with E-state index >= 15 is 0 Å². The highest BCUT2D eigenvalue weighted by atomic mass is 16.3. The van der Waals surface area contributed by atoms with Gasteiger partial charge in [-0.1, -0.05) is 12.1 Å². The molecular formula is C22H21N3O3. The minimum absolute atomic E-state index is 0.0784. The molecule has 4 rings (SSSR count). The minimum atomic E-state index is -0.433. The Morgan fingerprint density at radius 2 is 2.07 bits per heavy atom. The average Bonchev–Trinajstić information content (AvgIpc) is 3.29. The molecule has 0 fully saturated rings. The van der Waals surface area contributed by atoms with Gasteiger partial charge in [0.25, 0.3) is 5.91 Å². The summed E-state index contributed by atoms with van der Waals surface area (Å²) in [6.45, 7) is 2.36. The number of benzene rings is 1. The molecule has 0 aliphatic carbocycles. The number of fused-ring (bicyclic) bond motifs is 1. The smallest absolute Gasteiger partial charge is 0.260 e. The van der Waals surface area contributed by atoms with Crippen LogP contribution in [-0.2, 0) is 11.3 Å². The van der Waals surface area contributed by atoms with Gasteiger partial charge < -0.3 is 9.32 Å². The van der Waals surface area contributed by atoms with Gasteiger partial charge in [0.2, 0.25) is 5.91 Å². The standard InChI is InChI=1S/C22H21N3O3/c1-15-6-3-7-16(12-15)25-19(21-18(22(25)27)9-4-10-23-21)13-20(26)24(2)14-17-8-5-11-28-17/h3-12,19H,13-14H2,1-2H3/t19-/m1/s1. The summed E-state index contributed by atoms with van der Waals surface area (Å²) in [6, 6.07) is 14.4. The van der Waals surface area contributed by atoms with Gasteiger partial charge in [-0.05, 0) is 48.9 Å². The maximum Gasteiger partial charge on any atom is 0.260 e. The van der Waals surface area contributed by atoms with E-state index in [9.17, 15) is 9.59 Å². The van der Waals surface area contributed by atoms with Crippen LogP contribution in [0.15, 0.2) is 65.4 Å². The molecule has 3 heterocycles. The van der Waals surface area contributed by atoms with Gasteiger partial charge >= 0.3 is 0 Å². The molecule has 2 amide bonds. The fourth-order valence-corrected chi connectivity index (χ4v) is 3.57. The van der Waals surface area contributed by atoms with E-state index in [0.29, 0.717) is 23.6 Å². The van der Waals surface area contributed by atoms with E-state index in [1.807, 2.05) is 37.3 Å². The molecule has 1 atom stereocenters. The molecule has 142 valence electrons. The zero-order valence-electron chi connectivity index (χ0n) is 15.8. The van der Waals surface area contributed by atoms with Crippen LogP contribution < -0.4 is 4.90 Å². The second-order valence-electron chi connectivity index (χ2n) is 7.00. The molecule has 1 aromatic carbocycles. The van der Waals surface area contributed by atoms with Crippen LogP contribution in [-0.4, -0.2) is 28.7 Å². The number of amides is 2. The molecular weight excluding hydrogens is 354 g/mol. The number of nitrogens with zero attached hydrogens (tertiary/aromatic N) is 3. The monoisotopic (exact) mass is 375 g/mol. The van der Waals surface area contributed by atoms with E-state index in [0.717, 1.165) is 11.3 Å². The lowest BCUT2D eigenvalue weighted by molar-refractivity contribution is -0.131. The van der Waals surface area contributed by atoms with Gasteiger partial charge in [0.05, 0.1) is 36.5 Å². The Bertz CT molecular complexity index is 1010. The number of hydrogen-bond donors (Lipinski definition) is 0. The van der Waals surface area contributed by atoms with E-state index in [-0.39, 0.29) is 18.2 Å². The Labute approximate surface area is 163 Å². The van der Waals surface area contributed by atoms with Gasteiger partial charge in [0, 0.05) is 18.9 Å². The van der Waals surface area contributed by atoms with Crippen molar-refractivity contribution < 1.29 is 14.0 Å². The molecule has 1 aliphatic rings. The van der Waals surface area contributed by atoms with E-state index in [4.69, 9.17) is 4.42 Å². The number of aryl methyl sites for hydroxylation is 1. The van der Waals surface area contributed by atoms with Crippen molar-refractivity contribution in [2.24, 2.45) is 0 Å². The van der Waals surface area contributed by atoms with Crippen LogP contribution in [0.1, 0.15) is 39.8 Å². The zero-order valence-corrected chi connectivity index (χ0v) is 15.8. The third-order valence-electron chi connectivity index (χ3n) is 4.96. The van der Waals surface area contributed by atoms with Gasteiger partial charge in [-0.3, -0.25) is 19.5 Å². The average molecular weight is 375 g/mol. The van der Waals surface area contributed by atoms with Gasteiger partial charge in [0.15, 0.2) is 0 Å². The summed E-state index contributed by atoms with van der Waals surface area (Å²) in [6.07, 6.45) is 3.40. The van der Waals surface area contributed by atoms with Crippen LogP contribution in [0.2, 0.25) is 0 Å². The van der Waals surface area contributed by atoms with Gasteiger partial charge in [-0.2, -0.15) is 0 Å². The lowest BCUT2D eigenvalue weighted by Crippen LogP contribution is -2.33. The second kappa shape index (κ2) is 7.31. The number of pyridine rings is 1. The third kappa shape index (κ3) is 3.29. The Morgan fingerprint density at radius 3 is 2.82 bits per heavy atom. The minimum Gasteiger partial charge on any atom is -0.467 e.